The highest BCUT2D eigenvalue weighted by molar-refractivity contribution is 5.90. The third-order valence-corrected chi connectivity index (χ3v) is 3.61. The van der Waals surface area contributed by atoms with Crippen molar-refractivity contribution in [3.63, 3.8) is 0 Å². The van der Waals surface area contributed by atoms with Crippen LogP contribution in [0.4, 0.5) is 0 Å². The van der Waals surface area contributed by atoms with E-state index in [2.05, 4.69) is 15.5 Å². The molecular weight excluding hydrogens is 310 g/mol. The van der Waals surface area contributed by atoms with E-state index in [4.69, 9.17) is 13.6 Å². The Morgan fingerprint density at radius 1 is 1.25 bits per heavy atom. The van der Waals surface area contributed by atoms with E-state index in [0.717, 1.165) is 23.0 Å². The van der Waals surface area contributed by atoms with Crippen molar-refractivity contribution in [1.82, 2.24) is 15.5 Å². The van der Waals surface area contributed by atoms with Gasteiger partial charge in [-0.05, 0) is 26.3 Å². The first-order chi connectivity index (χ1) is 11.7. The number of amides is 1. The molecule has 0 fully saturated rings. The Bertz CT molecular complexity index is 837. The number of para-hydroxylation sites is 1. The monoisotopic (exact) mass is 329 g/mol. The number of nitrogens with one attached hydrogen (secondary N) is 1. The number of ether oxygens (including phenoxy) is 1. The smallest absolute Gasteiger partial charge is 0.308 e. The van der Waals surface area contributed by atoms with Crippen molar-refractivity contribution in [2.24, 2.45) is 0 Å². The molecule has 0 aliphatic heterocycles. The highest BCUT2D eigenvalue weighted by atomic mass is 16.5. The van der Waals surface area contributed by atoms with Crippen LogP contribution in [0.25, 0.3) is 22.6 Å². The summed E-state index contributed by atoms with van der Waals surface area (Å²) in [7, 11) is 0. The molecule has 7 nitrogen and oxygen atoms in total. The van der Waals surface area contributed by atoms with Crippen molar-refractivity contribution in [3.8, 4) is 11.7 Å². The van der Waals surface area contributed by atoms with Crippen molar-refractivity contribution in [1.29, 1.82) is 0 Å². The number of fused-ring (bicyclic) bond motifs is 1. The molecule has 3 rings (SSSR count). The predicted molar refractivity (Wildman–Crippen MR) is 87.7 cm³/mol. The maximum Gasteiger partial charge on any atom is 0.308 e. The Morgan fingerprint density at radius 3 is 2.88 bits per heavy atom. The second-order valence-electron chi connectivity index (χ2n) is 5.27. The van der Waals surface area contributed by atoms with Gasteiger partial charge in [-0.15, -0.1) is 10.2 Å². The molecule has 0 atom stereocenters. The first-order valence-electron chi connectivity index (χ1n) is 7.88. The summed E-state index contributed by atoms with van der Waals surface area (Å²) in [6.45, 7) is 5.60. The van der Waals surface area contributed by atoms with Crippen LogP contribution in [0.1, 0.15) is 29.6 Å². The summed E-state index contributed by atoms with van der Waals surface area (Å²) < 4.78 is 16.4. The van der Waals surface area contributed by atoms with Crippen LogP contribution in [-0.2, 0) is 4.74 Å². The van der Waals surface area contributed by atoms with E-state index in [0.29, 0.717) is 25.5 Å². The number of nitrogens with zero attached hydrogens (tertiary/aromatic N) is 2. The molecule has 2 heterocycles. The average Bonchev–Trinajstić information content (AvgIpc) is 3.20. The Kier molecular flexibility index (Phi) is 4.90. The van der Waals surface area contributed by atoms with Gasteiger partial charge < -0.3 is 18.9 Å². The predicted octanol–water partition coefficient (Wildman–Crippen LogP) is 2.95. The fraction of sp³-hybridized carbons (Fsp3) is 0.353. The summed E-state index contributed by atoms with van der Waals surface area (Å²) in [5.41, 5.74) is 1.64. The van der Waals surface area contributed by atoms with E-state index in [1.54, 1.807) is 0 Å². The SMILES string of the molecule is CCOCCCNC(=O)c1nnc(-c2oc3ccccc3c2C)o1. The van der Waals surface area contributed by atoms with Gasteiger partial charge in [-0.25, -0.2) is 0 Å². The Morgan fingerprint density at radius 2 is 2.08 bits per heavy atom. The van der Waals surface area contributed by atoms with Crippen molar-refractivity contribution in [2.45, 2.75) is 20.3 Å². The summed E-state index contributed by atoms with van der Waals surface area (Å²) in [6, 6.07) is 7.65. The van der Waals surface area contributed by atoms with Crippen LogP contribution in [0.15, 0.2) is 33.1 Å². The van der Waals surface area contributed by atoms with Crippen molar-refractivity contribution >= 4 is 16.9 Å². The van der Waals surface area contributed by atoms with Gasteiger partial charge in [0.1, 0.15) is 5.58 Å². The fourth-order valence-corrected chi connectivity index (χ4v) is 2.38. The highest BCUT2D eigenvalue weighted by Gasteiger charge is 2.20. The van der Waals surface area contributed by atoms with Crippen LogP contribution in [-0.4, -0.2) is 35.9 Å². The summed E-state index contributed by atoms with van der Waals surface area (Å²) in [5, 5.41) is 11.4. The van der Waals surface area contributed by atoms with Gasteiger partial charge in [-0.1, -0.05) is 18.2 Å². The minimum absolute atomic E-state index is 0.0822. The first kappa shape index (κ1) is 16.2. The lowest BCUT2D eigenvalue weighted by Crippen LogP contribution is -2.25. The summed E-state index contributed by atoms with van der Waals surface area (Å²) in [5.74, 6) is 0.197. The molecular formula is C17H19N3O4. The molecule has 7 heteroatoms. The number of aryl methyl sites for hydroxylation is 1. The van der Waals surface area contributed by atoms with Gasteiger partial charge in [0.2, 0.25) is 0 Å². The van der Waals surface area contributed by atoms with Crippen LogP contribution in [0.5, 0.6) is 0 Å². The summed E-state index contributed by atoms with van der Waals surface area (Å²) in [6.07, 6.45) is 0.725. The second kappa shape index (κ2) is 7.27. The quantitative estimate of drug-likeness (QED) is 0.670. The minimum atomic E-state index is -0.404. The maximum absolute atomic E-state index is 12.0. The van der Waals surface area contributed by atoms with E-state index in [1.807, 2.05) is 38.1 Å². The molecule has 0 aliphatic rings. The van der Waals surface area contributed by atoms with E-state index < -0.39 is 5.91 Å². The Hall–Kier alpha value is -2.67. The van der Waals surface area contributed by atoms with Crippen LogP contribution < -0.4 is 5.32 Å². The van der Waals surface area contributed by atoms with Crippen molar-refractivity contribution in [3.05, 3.63) is 35.7 Å². The third kappa shape index (κ3) is 3.30. The number of benzene rings is 1. The number of hydrogen-bond donors (Lipinski definition) is 1. The number of carbonyl (C=O) groups excluding carboxylic acids is 1. The van der Waals surface area contributed by atoms with E-state index in [1.165, 1.54) is 0 Å². The van der Waals surface area contributed by atoms with Crippen LogP contribution in [0, 0.1) is 6.92 Å². The van der Waals surface area contributed by atoms with Gasteiger partial charge in [-0.3, -0.25) is 4.79 Å². The molecule has 0 unspecified atom stereocenters. The lowest BCUT2D eigenvalue weighted by molar-refractivity contribution is 0.0910. The molecule has 0 saturated heterocycles. The normalized spacial score (nSPS) is 11.1. The van der Waals surface area contributed by atoms with E-state index >= 15 is 0 Å². The number of carbonyl (C=O) groups is 1. The molecule has 3 aromatic rings. The largest absolute Gasteiger partial charge is 0.451 e. The summed E-state index contributed by atoms with van der Waals surface area (Å²) >= 11 is 0. The van der Waals surface area contributed by atoms with Crippen LogP contribution in [0.2, 0.25) is 0 Å². The lowest BCUT2D eigenvalue weighted by atomic mass is 10.1. The van der Waals surface area contributed by atoms with E-state index in [9.17, 15) is 4.79 Å². The number of aromatic nitrogens is 2. The molecule has 1 N–H and O–H groups in total. The molecule has 0 bridgehead atoms. The Labute approximate surface area is 139 Å². The molecule has 0 radical (unpaired) electrons. The zero-order chi connectivity index (χ0) is 16.9. The molecule has 1 aromatic carbocycles. The number of furan rings is 1. The van der Waals surface area contributed by atoms with Crippen molar-refractivity contribution < 1.29 is 18.4 Å². The molecule has 126 valence electrons. The highest BCUT2D eigenvalue weighted by Crippen LogP contribution is 2.31. The standard InChI is InChI=1S/C17H19N3O4/c1-3-22-10-6-9-18-15(21)17-20-19-16(24-17)14-11(2)12-7-4-5-8-13(12)23-14/h4-5,7-8H,3,6,9-10H2,1-2H3,(H,18,21). The minimum Gasteiger partial charge on any atom is -0.451 e. The van der Waals surface area contributed by atoms with Crippen LogP contribution >= 0.6 is 0 Å². The van der Waals surface area contributed by atoms with Gasteiger partial charge in [0.15, 0.2) is 5.76 Å². The topological polar surface area (TPSA) is 90.4 Å². The number of hydrogen-bond acceptors (Lipinski definition) is 6. The molecule has 0 saturated carbocycles. The zero-order valence-corrected chi connectivity index (χ0v) is 13.7. The molecule has 24 heavy (non-hydrogen) atoms. The zero-order valence-electron chi connectivity index (χ0n) is 13.7. The fourth-order valence-electron chi connectivity index (χ4n) is 2.38. The van der Waals surface area contributed by atoms with Gasteiger partial charge >= 0.3 is 11.8 Å². The molecule has 0 aliphatic carbocycles. The second-order valence-corrected chi connectivity index (χ2v) is 5.27. The van der Waals surface area contributed by atoms with Gasteiger partial charge in [0.05, 0.1) is 0 Å². The third-order valence-electron chi connectivity index (χ3n) is 3.61. The van der Waals surface area contributed by atoms with E-state index in [-0.39, 0.29) is 11.8 Å². The number of rotatable bonds is 7. The maximum atomic E-state index is 12.0. The first-order valence-corrected chi connectivity index (χ1v) is 7.88. The van der Waals surface area contributed by atoms with Crippen molar-refractivity contribution in [2.75, 3.05) is 19.8 Å². The van der Waals surface area contributed by atoms with Crippen LogP contribution in [0.3, 0.4) is 0 Å². The molecule has 1 amide bonds. The average molecular weight is 329 g/mol. The Balaban J connectivity index is 1.70. The van der Waals surface area contributed by atoms with Gasteiger partial charge in [0, 0.05) is 30.7 Å². The molecule has 2 aromatic heterocycles. The molecule has 0 spiro atoms. The van der Waals surface area contributed by atoms with Gasteiger partial charge in [-0.2, -0.15) is 0 Å². The summed E-state index contributed by atoms with van der Waals surface area (Å²) in [4.78, 5) is 12.0. The van der Waals surface area contributed by atoms with Gasteiger partial charge in [0.25, 0.3) is 5.89 Å². The lowest BCUT2D eigenvalue weighted by Gasteiger charge is -2.02.